The van der Waals surface area contributed by atoms with Crippen LogP contribution in [0.2, 0.25) is 0 Å². The van der Waals surface area contributed by atoms with Crippen molar-refractivity contribution in [1.29, 1.82) is 0 Å². The first-order chi connectivity index (χ1) is 5.99. The van der Waals surface area contributed by atoms with Gasteiger partial charge in [-0.1, -0.05) is 13.8 Å². The Bertz CT molecular complexity index is 176. The minimum absolute atomic E-state index is 0.0782. The second kappa shape index (κ2) is 5.86. The van der Waals surface area contributed by atoms with Crippen LogP contribution in [0.1, 0.15) is 26.7 Å². The molecule has 0 saturated heterocycles. The Hall–Kier alpha value is -0.700. The molecule has 0 saturated carbocycles. The lowest BCUT2D eigenvalue weighted by Gasteiger charge is -2.17. The molecule has 0 aromatic heterocycles. The SMILES string of the molecule is CC(C)C(=O)CCC(C=O)N(C)C. The molecule has 0 radical (unpaired) electrons. The second-order valence-electron chi connectivity index (χ2n) is 3.83. The monoisotopic (exact) mass is 185 g/mol. The molecule has 0 aromatic rings. The van der Waals surface area contributed by atoms with Crippen LogP contribution in [0.15, 0.2) is 0 Å². The minimum Gasteiger partial charge on any atom is -0.302 e. The summed E-state index contributed by atoms with van der Waals surface area (Å²) in [5.41, 5.74) is 0. The van der Waals surface area contributed by atoms with Gasteiger partial charge in [-0.25, -0.2) is 0 Å². The van der Waals surface area contributed by atoms with E-state index in [4.69, 9.17) is 0 Å². The van der Waals surface area contributed by atoms with Crippen molar-refractivity contribution in [2.45, 2.75) is 32.7 Å². The average Bonchev–Trinajstić information content (AvgIpc) is 2.04. The van der Waals surface area contributed by atoms with Crippen LogP contribution in [-0.2, 0) is 9.59 Å². The standard InChI is InChI=1S/C10H19NO2/c1-8(2)10(13)6-5-9(7-12)11(3)4/h7-9H,5-6H2,1-4H3. The Kier molecular flexibility index (Phi) is 5.55. The Balaban J connectivity index is 3.85. The maximum Gasteiger partial charge on any atom is 0.137 e. The van der Waals surface area contributed by atoms with Gasteiger partial charge in [0.1, 0.15) is 12.1 Å². The number of ketones is 1. The van der Waals surface area contributed by atoms with E-state index in [9.17, 15) is 9.59 Å². The van der Waals surface area contributed by atoms with Gasteiger partial charge < -0.3 is 4.79 Å². The smallest absolute Gasteiger partial charge is 0.137 e. The number of rotatable bonds is 6. The highest BCUT2D eigenvalue weighted by Crippen LogP contribution is 2.06. The van der Waals surface area contributed by atoms with Crippen molar-refractivity contribution in [3.05, 3.63) is 0 Å². The molecule has 0 spiro atoms. The lowest BCUT2D eigenvalue weighted by Crippen LogP contribution is -2.30. The van der Waals surface area contributed by atoms with Gasteiger partial charge in [0, 0.05) is 12.3 Å². The maximum absolute atomic E-state index is 11.3. The van der Waals surface area contributed by atoms with Crippen LogP contribution in [-0.4, -0.2) is 37.1 Å². The molecule has 0 rings (SSSR count). The molecule has 1 atom stereocenters. The van der Waals surface area contributed by atoms with E-state index in [2.05, 4.69) is 0 Å². The van der Waals surface area contributed by atoms with Gasteiger partial charge >= 0.3 is 0 Å². The molecule has 1 unspecified atom stereocenters. The number of aldehydes is 1. The predicted octanol–water partition coefficient (Wildman–Crippen LogP) is 1.12. The Labute approximate surface area is 80.1 Å². The Morgan fingerprint density at radius 1 is 1.38 bits per heavy atom. The highest BCUT2D eigenvalue weighted by Gasteiger charge is 2.13. The molecule has 13 heavy (non-hydrogen) atoms. The minimum atomic E-state index is -0.123. The molecule has 0 aliphatic rings. The number of hydrogen-bond donors (Lipinski definition) is 0. The van der Waals surface area contributed by atoms with Crippen molar-refractivity contribution < 1.29 is 9.59 Å². The van der Waals surface area contributed by atoms with E-state index in [1.54, 1.807) is 0 Å². The fourth-order valence-corrected chi connectivity index (χ4v) is 1.03. The number of likely N-dealkylation sites (N-methyl/N-ethyl adjacent to an activating group) is 1. The van der Waals surface area contributed by atoms with Crippen molar-refractivity contribution in [3.63, 3.8) is 0 Å². The first kappa shape index (κ1) is 12.3. The molecule has 3 nitrogen and oxygen atoms in total. The van der Waals surface area contributed by atoms with Crippen molar-refractivity contribution in [3.8, 4) is 0 Å². The third-order valence-electron chi connectivity index (χ3n) is 2.15. The van der Waals surface area contributed by atoms with Crippen molar-refractivity contribution in [2.24, 2.45) is 5.92 Å². The molecule has 0 fully saturated rings. The summed E-state index contributed by atoms with van der Waals surface area (Å²) in [5, 5.41) is 0. The largest absolute Gasteiger partial charge is 0.302 e. The molecule has 0 aliphatic heterocycles. The quantitative estimate of drug-likeness (QED) is 0.582. The molecule has 3 heteroatoms. The molecule has 0 heterocycles. The van der Waals surface area contributed by atoms with Crippen LogP contribution >= 0.6 is 0 Å². The first-order valence-corrected chi connectivity index (χ1v) is 4.63. The summed E-state index contributed by atoms with van der Waals surface area (Å²) in [7, 11) is 3.69. The summed E-state index contributed by atoms with van der Waals surface area (Å²) in [6.07, 6.45) is 2.03. The average molecular weight is 185 g/mol. The molecule has 0 bridgehead atoms. The molecule has 0 amide bonds. The second-order valence-corrected chi connectivity index (χ2v) is 3.83. The number of hydrogen-bond acceptors (Lipinski definition) is 3. The number of Topliss-reactive ketones (excluding diaryl/α,β-unsaturated/α-hetero) is 1. The fraction of sp³-hybridized carbons (Fsp3) is 0.800. The van der Waals surface area contributed by atoms with Gasteiger partial charge in [-0.2, -0.15) is 0 Å². The van der Waals surface area contributed by atoms with E-state index in [0.29, 0.717) is 12.8 Å². The van der Waals surface area contributed by atoms with Gasteiger partial charge in [0.25, 0.3) is 0 Å². The van der Waals surface area contributed by atoms with Crippen molar-refractivity contribution >= 4 is 12.1 Å². The highest BCUT2D eigenvalue weighted by atomic mass is 16.1. The van der Waals surface area contributed by atoms with E-state index in [-0.39, 0.29) is 17.7 Å². The lowest BCUT2D eigenvalue weighted by atomic mass is 10.0. The normalized spacial score (nSPS) is 13.4. The van der Waals surface area contributed by atoms with E-state index in [1.807, 2.05) is 32.8 Å². The fourth-order valence-electron chi connectivity index (χ4n) is 1.03. The molecular formula is C10H19NO2. The highest BCUT2D eigenvalue weighted by molar-refractivity contribution is 5.80. The van der Waals surface area contributed by atoms with Gasteiger partial charge in [0.05, 0.1) is 6.04 Å². The zero-order valence-corrected chi connectivity index (χ0v) is 8.91. The third-order valence-corrected chi connectivity index (χ3v) is 2.15. The van der Waals surface area contributed by atoms with Gasteiger partial charge in [-0.15, -0.1) is 0 Å². The van der Waals surface area contributed by atoms with Gasteiger partial charge in [-0.3, -0.25) is 9.69 Å². The van der Waals surface area contributed by atoms with Gasteiger partial charge in [-0.05, 0) is 20.5 Å². The van der Waals surface area contributed by atoms with Gasteiger partial charge in [0.15, 0.2) is 0 Å². The van der Waals surface area contributed by atoms with E-state index < -0.39 is 0 Å². The van der Waals surface area contributed by atoms with Crippen molar-refractivity contribution in [1.82, 2.24) is 4.90 Å². The number of carbonyl (C=O) groups is 2. The predicted molar refractivity (Wildman–Crippen MR) is 52.6 cm³/mol. The van der Waals surface area contributed by atoms with Crippen LogP contribution in [0.4, 0.5) is 0 Å². The molecular weight excluding hydrogens is 166 g/mol. The van der Waals surface area contributed by atoms with E-state index in [1.165, 1.54) is 0 Å². The van der Waals surface area contributed by atoms with Crippen LogP contribution in [0.25, 0.3) is 0 Å². The summed E-state index contributed by atoms with van der Waals surface area (Å²) < 4.78 is 0. The molecule has 76 valence electrons. The van der Waals surface area contributed by atoms with E-state index in [0.717, 1.165) is 6.29 Å². The van der Waals surface area contributed by atoms with Crippen LogP contribution < -0.4 is 0 Å². The lowest BCUT2D eigenvalue weighted by molar-refractivity contribution is -0.122. The molecule has 0 N–H and O–H groups in total. The molecule has 0 aliphatic carbocycles. The topological polar surface area (TPSA) is 37.4 Å². The zero-order valence-electron chi connectivity index (χ0n) is 8.91. The van der Waals surface area contributed by atoms with Crippen LogP contribution in [0.5, 0.6) is 0 Å². The first-order valence-electron chi connectivity index (χ1n) is 4.63. The third kappa shape index (κ3) is 4.78. The summed E-state index contributed by atoms with van der Waals surface area (Å²) in [4.78, 5) is 23.7. The number of carbonyl (C=O) groups excluding carboxylic acids is 2. The summed E-state index contributed by atoms with van der Waals surface area (Å²) >= 11 is 0. The van der Waals surface area contributed by atoms with Crippen LogP contribution in [0, 0.1) is 5.92 Å². The Morgan fingerprint density at radius 3 is 2.23 bits per heavy atom. The van der Waals surface area contributed by atoms with Crippen LogP contribution in [0.3, 0.4) is 0 Å². The summed E-state index contributed by atoms with van der Waals surface area (Å²) in [6, 6.07) is -0.123. The summed E-state index contributed by atoms with van der Waals surface area (Å²) in [5.74, 6) is 0.308. The molecule has 0 aromatic carbocycles. The van der Waals surface area contributed by atoms with Gasteiger partial charge in [0.2, 0.25) is 0 Å². The Morgan fingerprint density at radius 2 is 1.92 bits per heavy atom. The zero-order chi connectivity index (χ0) is 10.4. The van der Waals surface area contributed by atoms with E-state index >= 15 is 0 Å². The van der Waals surface area contributed by atoms with Crippen molar-refractivity contribution in [2.75, 3.05) is 14.1 Å². The maximum atomic E-state index is 11.3. The summed E-state index contributed by atoms with van der Waals surface area (Å²) in [6.45, 7) is 3.77. The number of nitrogens with zero attached hydrogens (tertiary/aromatic N) is 1.